The van der Waals surface area contributed by atoms with Crippen molar-refractivity contribution >= 4 is 5.78 Å². The molecule has 18 heavy (non-hydrogen) atoms. The van der Waals surface area contributed by atoms with E-state index in [9.17, 15) is 9.18 Å². The van der Waals surface area contributed by atoms with Crippen molar-refractivity contribution in [1.29, 1.82) is 0 Å². The van der Waals surface area contributed by atoms with Gasteiger partial charge in [-0.05, 0) is 32.0 Å². The molecule has 4 nitrogen and oxygen atoms in total. The van der Waals surface area contributed by atoms with Crippen LogP contribution in [0.25, 0.3) is 0 Å². The van der Waals surface area contributed by atoms with Gasteiger partial charge in [-0.15, -0.1) is 0 Å². The zero-order valence-electron chi connectivity index (χ0n) is 10.2. The van der Waals surface area contributed by atoms with Crippen LogP contribution in [0, 0.1) is 5.82 Å². The molecule has 0 aromatic carbocycles. The second kappa shape index (κ2) is 6.56. The Hall–Kier alpha value is -1.33. The van der Waals surface area contributed by atoms with Gasteiger partial charge < -0.3 is 10.1 Å². The highest BCUT2D eigenvalue weighted by Gasteiger charge is 2.15. The summed E-state index contributed by atoms with van der Waals surface area (Å²) in [4.78, 5) is 15.4. The zero-order chi connectivity index (χ0) is 12.8. The molecular weight excluding hydrogens is 235 g/mol. The van der Waals surface area contributed by atoms with Crippen molar-refractivity contribution in [2.75, 3.05) is 19.7 Å². The Morgan fingerprint density at radius 3 is 3.00 bits per heavy atom. The third-order valence-corrected chi connectivity index (χ3v) is 3.04. The lowest BCUT2D eigenvalue weighted by atomic mass is 10.1. The van der Waals surface area contributed by atoms with Crippen LogP contribution in [-0.4, -0.2) is 36.6 Å². The van der Waals surface area contributed by atoms with E-state index in [-0.39, 0.29) is 23.9 Å². The van der Waals surface area contributed by atoms with Crippen LogP contribution >= 0.6 is 0 Å². The molecule has 0 amide bonds. The van der Waals surface area contributed by atoms with Crippen molar-refractivity contribution in [1.82, 2.24) is 10.3 Å². The lowest BCUT2D eigenvalue weighted by Crippen LogP contribution is -2.32. The first kappa shape index (κ1) is 13.1. The summed E-state index contributed by atoms with van der Waals surface area (Å²) in [5.74, 6) is -0.798. The third-order valence-electron chi connectivity index (χ3n) is 3.04. The van der Waals surface area contributed by atoms with Gasteiger partial charge in [0, 0.05) is 12.6 Å². The highest BCUT2D eigenvalue weighted by atomic mass is 19.1. The summed E-state index contributed by atoms with van der Waals surface area (Å²) < 4.78 is 18.9. The summed E-state index contributed by atoms with van der Waals surface area (Å²) in [7, 11) is 0. The minimum absolute atomic E-state index is 0.0962. The van der Waals surface area contributed by atoms with E-state index in [0.717, 1.165) is 32.1 Å². The van der Waals surface area contributed by atoms with Crippen LogP contribution in [0.3, 0.4) is 0 Å². The van der Waals surface area contributed by atoms with Gasteiger partial charge in [-0.2, -0.15) is 0 Å². The van der Waals surface area contributed by atoms with E-state index >= 15 is 0 Å². The second-order valence-electron chi connectivity index (χ2n) is 4.35. The fourth-order valence-corrected chi connectivity index (χ4v) is 2.02. The maximum absolute atomic E-state index is 13.3. The average Bonchev–Trinajstić information content (AvgIpc) is 2.40. The van der Waals surface area contributed by atoms with Crippen LogP contribution in [0.4, 0.5) is 4.39 Å². The summed E-state index contributed by atoms with van der Waals surface area (Å²) in [6.45, 7) is 2.26. The standard InChI is InChI=1S/C13H17FN2O2/c14-12-9-16-7-3-11(12)13(17)4-8-18-10-1-5-15-6-2-10/h3,7,9-10,15H,1-2,4-6,8H2. The summed E-state index contributed by atoms with van der Waals surface area (Å²) in [5.41, 5.74) is 0.0962. The van der Waals surface area contributed by atoms with Gasteiger partial charge in [-0.25, -0.2) is 4.39 Å². The van der Waals surface area contributed by atoms with Gasteiger partial charge in [0.1, 0.15) is 0 Å². The molecule has 0 bridgehead atoms. The smallest absolute Gasteiger partial charge is 0.168 e. The molecule has 1 saturated heterocycles. The number of ether oxygens (including phenoxy) is 1. The molecule has 98 valence electrons. The molecule has 2 heterocycles. The van der Waals surface area contributed by atoms with E-state index < -0.39 is 5.82 Å². The van der Waals surface area contributed by atoms with E-state index in [1.165, 1.54) is 12.3 Å². The molecule has 1 N–H and O–H groups in total. The Morgan fingerprint density at radius 2 is 2.28 bits per heavy atom. The number of rotatable bonds is 5. The van der Waals surface area contributed by atoms with Gasteiger partial charge in [-0.1, -0.05) is 0 Å². The van der Waals surface area contributed by atoms with E-state index in [1.54, 1.807) is 0 Å². The number of piperidine rings is 1. The number of Topliss-reactive ketones (excluding diaryl/α,β-unsaturated/α-hetero) is 1. The second-order valence-corrected chi connectivity index (χ2v) is 4.35. The van der Waals surface area contributed by atoms with Crippen molar-refractivity contribution in [2.45, 2.75) is 25.4 Å². The third kappa shape index (κ3) is 3.58. The molecule has 0 saturated carbocycles. The van der Waals surface area contributed by atoms with Crippen LogP contribution in [-0.2, 0) is 4.74 Å². The van der Waals surface area contributed by atoms with Crippen molar-refractivity contribution in [3.8, 4) is 0 Å². The molecule has 1 aromatic rings. The highest BCUT2D eigenvalue weighted by molar-refractivity contribution is 5.96. The summed E-state index contributed by atoms with van der Waals surface area (Å²) in [6.07, 6.45) is 4.85. The molecule has 0 spiro atoms. The largest absolute Gasteiger partial charge is 0.378 e. The Morgan fingerprint density at radius 1 is 1.50 bits per heavy atom. The predicted octanol–water partition coefficient (Wildman–Crippen LogP) is 1.56. The molecule has 2 rings (SSSR count). The molecule has 5 heteroatoms. The Kier molecular flexibility index (Phi) is 4.78. The molecule has 1 aliphatic heterocycles. The first-order chi connectivity index (χ1) is 8.77. The SMILES string of the molecule is O=C(CCOC1CCNCC1)c1ccncc1F. The van der Waals surface area contributed by atoms with Crippen molar-refractivity contribution < 1.29 is 13.9 Å². The highest BCUT2D eigenvalue weighted by Crippen LogP contribution is 2.10. The van der Waals surface area contributed by atoms with Crippen LogP contribution in [0.15, 0.2) is 18.5 Å². The van der Waals surface area contributed by atoms with Gasteiger partial charge in [-0.3, -0.25) is 9.78 Å². The first-order valence-corrected chi connectivity index (χ1v) is 6.22. The number of nitrogens with zero attached hydrogens (tertiary/aromatic N) is 1. The van der Waals surface area contributed by atoms with Gasteiger partial charge in [0.25, 0.3) is 0 Å². The van der Waals surface area contributed by atoms with Crippen LogP contribution in [0.1, 0.15) is 29.6 Å². The van der Waals surface area contributed by atoms with Crippen LogP contribution in [0.5, 0.6) is 0 Å². The normalized spacial score (nSPS) is 16.7. The predicted molar refractivity (Wildman–Crippen MR) is 65.0 cm³/mol. The number of carbonyl (C=O) groups is 1. The Labute approximate surface area is 106 Å². The first-order valence-electron chi connectivity index (χ1n) is 6.22. The molecule has 0 radical (unpaired) electrons. The Bertz CT molecular complexity index is 406. The van der Waals surface area contributed by atoms with Crippen molar-refractivity contribution in [2.24, 2.45) is 0 Å². The van der Waals surface area contributed by atoms with Crippen LogP contribution in [0.2, 0.25) is 0 Å². The van der Waals surface area contributed by atoms with Gasteiger partial charge in [0.2, 0.25) is 0 Å². The van der Waals surface area contributed by atoms with E-state index in [4.69, 9.17) is 4.74 Å². The maximum Gasteiger partial charge on any atom is 0.168 e. The number of hydrogen-bond donors (Lipinski definition) is 1. The monoisotopic (exact) mass is 252 g/mol. The zero-order valence-corrected chi connectivity index (χ0v) is 10.2. The lowest BCUT2D eigenvalue weighted by Gasteiger charge is -2.22. The number of hydrogen-bond acceptors (Lipinski definition) is 4. The fourth-order valence-electron chi connectivity index (χ4n) is 2.02. The summed E-state index contributed by atoms with van der Waals surface area (Å²) in [5, 5.41) is 3.24. The number of aromatic nitrogens is 1. The van der Waals surface area contributed by atoms with Gasteiger partial charge in [0.15, 0.2) is 11.6 Å². The lowest BCUT2D eigenvalue weighted by molar-refractivity contribution is 0.0313. The summed E-state index contributed by atoms with van der Waals surface area (Å²) >= 11 is 0. The quantitative estimate of drug-likeness (QED) is 0.808. The number of nitrogens with one attached hydrogen (secondary N) is 1. The molecule has 0 atom stereocenters. The molecule has 0 aliphatic carbocycles. The fraction of sp³-hybridized carbons (Fsp3) is 0.538. The van der Waals surface area contributed by atoms with E-state index in [2.05, 4.69) is 10.3 Å². The van der Waals surface area contributed by atoms with Crippen molar-refractivity contribution in [3.05, 3.63) is 29.8 Å². The average molecular weight is 252 g/mol. The molecule has 1 aliphatic rings. The minimum atomic E-state index is -0.565. The topological polar surface area (TPSA) is 51.2 Å². The molecular formula is C13H17FN2O2. The number of ketones is 1. The van der Waals surface area contributed by atoms with Crippen molar-refractivity contribution in [3.63, 3.8) is 0 Å². The van der Waals surface area contributed by atoms with E-state index in [0.29, 0.717) is 6.61 Å². The Balaban J connectivity index is 1.76. The minimum Gasteiger partial charge on any atom is -0.378 e. The molecule has 1 aromatic heterocycles. The van der Waals surface area contributed by atoms with Gasteiger partial charge >= 0.3 is 0 Å². The number of halogens is 1. The number of carbonyl (C=O) groups excluding carboxylic acids is 1. The molecule has 1 fully saturated rings. The maximum atomic E-state index is 13.3. The van der Waals surface area contributed by atoms with E-state index in [1.807, 2.05) is 0 Å². The number of pyridine rings is 1. The summed E-state index contributed by atoms with van der Waals surface area (Å²) in [6, 6.07) is 1.40. The van der Waals surface area contributed by atoms with Crippen LogP contribution < -0.4 is 5.32 Å². The molecule has 0 unspecified atom stereocenters. The van der Waals surface area contributed by atoms with Gasteiger partial charge in [0.05, 0.1) is 24.5 Å².